The zero-order valence-corrected chi connectivity index (χ0v) is 10.7. The molecule has 0 saturated heterocycles. The van der Waals surface area contributed by atoms with Crippen LogP contribution in [0.5, 0.6) is 0 Å². The largest absolute Gasteiger partial charge is 0.497 e. The molecule has 98 valence electrons. The minimum Gasteiger partial charge on any atom is -0.497 e. The monoisotopic (exact) mass is 242 g/mol. The highest BCUT2D eigenvalue weighted by Gasteiger charge is 1.92. The van der Waals surface area contributed by atoms with Gasteiger partial charge in [0.05, 0.1) is 40.1 Å². The lowest BCUT2D eigenvalue weighted by molar-refractivity contribution is 0.0305. The van der Waals surface area contributed by atoms with Gasteiger partial charge in [-0.25, -0.2) is 0 Å². The Bertz CT molecular complexity index is 246. The van der Waals surface area contributed by atoms with Gasteiger partial charge in [-0.1, -0.05) is 19.2 Å². The molecule has 4 nitrogen and oxygen atoms in total. The Morgan fingerprint density at radius 2 is 1.59 bits per heavy atom. The molecular formula is C13H22O4. The van der Waals surface area contributed by atoms with Gasteiger partial charge in [0.1, 0.15) is 5.76 Å². The molecule has 0 atom stereocenters. The zero-order valence-electron chi connectivity index (χ0n) is 10.7. The topological polar surface area (TPSA) is 36.9 Å². The van der Waals surface area contributed by atoms with Gasteiger partial charge in [0.2, 0.25) is 0 Å². The normalized spacial score (nSPS) is 10.7. The first kappa shape index (κ1) is 15.9. The molecule has 0 N–H and O–H groups in total. The average Bonchev–Trinajstić information content (AvgIpc) is 2.34. The van der Waals surface area contributed by atoms with Crippen molar-refractivity contribution >= 4 is 0 Å². The molecule has 0 unspecified atom stereocenters. The van der Waals surface area contributed by atoms with Crippen molar-refractivity contribution in [3.05, 3.63) is 36.6 Å². The summed E-state index contributed by atoms with van der Waals surface area (Å²) in [7, 11) is 3.22. The molecule has 0 saturated carbocycles. The second-order valence-electron chi connectivity index (χ2n) is 3.32. The highest BCUT2D eigenvalue weighted by atomic mass is 16.5. The van der Waals surface area contributed by atoms with Crippen molar-refractivity contribution in [3.63, 3.8) is 0 Å². The van der Waals surface area contributed by atoms with Gasteiger partial charge in [0.25, 0.3) is 0 Å². The first-order valence-electron chi connectivity index (χ1n) is 5.44. The van der Waals surface area contributed by atoms with Crippen molar-refractivity contribution in [2.24, 2.45) is 0 Å². The molecule has 0 radical (unpaired) electrons. The Balaban J connectivity index is 3.39. The fourth-order valence-corrected chi connectivity index (χ4v) is 0.892. The summed E-state index contributed by atoms with van der Waals surface area (Å²) in [5.41, 5.74) is 0.861. The van der Waals surface area contributed by atoms with E-state index in [1.165, 1.54) is 0 Å². The molecule has 4 heteroatoms. The third kappa shape index (κ3) is 11.2. The maximum atomic E-state index is 5.35. The standard InChI is InChI=1S/C13H22O4/c1-12(5-6-13(2)15-4)11-17-10-9-16-8-7-14-3/h5-6H,1-2,7-11H2,3-4H3/b6-5-. The first-order valence-corrected chi connectivity index (χ1v) is 5.44. The first-order chi connectivity index (χ1) is 8.20. The third-order valence-corrected chi connectivity index (χ3v) is 1.86. The molecule has 0 aromatic carbocycles. The summed E-state index contributed by atoms with van der Waals surface area (Å²) in [6.45, 7) is 10.3. The quantitative estimate of drug-likeness (QED) is 0.315. The van der Waals surface area contributed by atoms with E-state index in [2.05, 4.69) is 13.2 Å². The summed E-state index contributed by atoms with van der Waals surface area (Å²) >= 11 is 0. The lowest BCUT2D eigenvalue weighted by Gasteiger charge is -2.05. The number of methoxy groups -OCH3 is 2. The van der Waals surface area contributed by atoms with E-state index in [1.54, 1.807) is 20.3 Å². The SMILES string of the molecule is C=C(/C=C\C(=C)OC)COCCOCCOC. The van der Waals surface area contributed by atoms with E-state index in [1.807, 2.05) is 6.08 Å². The van der Waals surface area contributed by atoms with Crippen molar-refractivity contribution in [1.29, 1.82) is 0 Å². The van der Waals surface area contributed by atoms with Gasteiger partial charge < -0.3 is 18.9 Å². The molecule has 0 aliphatic heterocycles. The maximum Gasteiger partial charge on any atom is 0.111 e. The van der Waals surface area contributed by atoms with E-state index >= 15 is 0 Å². The summed E-state index contributed by atoms with van der Waals surface area (Å²) in [4.78, 5) is 0. The Morgan fingerprint density at radius 1 is 0.941 bits per heavy atom. The van der Waals surface area contributed by atoms with Crippen LogP contribution >= 0.6 is 0 Å². The van der Waals surface area contributed by atoms with Crippen LogP contribution in [0.3, 0.4) is 0 Å². The second kappa shape index (κ2) is 11.4. The molecule has 0 aliphatic rings. The highest BCUT2D eigenvalue weighted by molar-refractivity contribution is 5.21. The van der Waals surface area contributed by atoms with Gasteiger partial charge in [-0.15, -0.1) is 0 Å². The van der Waals surface area contributed by atoms with Crippen LogP contribution in [0.15, 0.2) is 36.6 Å². The molecule has 0 spiro atoms. The molecule has 17 heavy (non-hydrogen) atoms. The van der Waals surface area contributed by atoms with Crippen LogP contribution in [0.1, 0.15) is 0 Å². The minimum atomic E-state index is 0.473. The number of allylic oxidation sites excluding steroid dienone is 1. The summed E-state index contributed by atoms with van der Waals surface area (Å²) < 4.78 is 20.3. The second-order valence-corrected chi connectivity index (χ2v) is 3.32. The molecule has 0 aliphatic carbocycles. The van der Waals surface area contributed by atoms with Gasteiger partial charge in [0.15, 0.2) is 0 Å². The lowest BCUT2D eigenvalue weighted by atomic mass is 10.3. The summed E-state index contributed by atoms with van der Waals surface area (Å²) in [6, 6.07) is 0. The summed E-state index contributed by atoms with van der Waals surface area (Å²) in [6.07, 6.45) is 3.57. The average molecular weight is 242 g/mol. The molecule has 0 aromatic heterocycles. The van der Waals surface area contributed by atoms with Crippen molar-refractivity contribution in [2.45, 2.75) is 0 Å². The molecule has 0 aromatic rings. The fraction of sp³-hybridized carbons (Fsp3) is 0.538. The van der Waals surface area contributed by atoms with Gasteiger partial charge in [-0.05, 0) is 11.6 Å². The van der Waals surface area contributed by atoms with E-state index in [-0.39, 0.29) is 0 Å². The van der Waals surface area contributed by atoms with Crippen LogP contribution in [0.25, 0.3) is 0 Å². The van der Waals surface area contributed by atoms with E-state index in [4.69, 9.17) is 18.9 Å². The van der Waals surface area contributed by atoms with Crippen LogP contribution in [0.4, 0.5) is 0 Å². The number of hydrogen-bond acceptors (Lipinski definition) is 4. The highest BCUT2D eigenvalue weighted by Crippen LogP contribution is 1.99. The Hall–Kier alpha value is -1.10. The number of hydrogen-bond donors (Lipinski definition) is 0. The predicted molar refractivity (Wildman–Crippen MR) is 67.9 cm³/mol. The van der Waals surface area contributed by atoms with E-state index < -0.39 is 0 Å². The van der Waals surface area contributed by atoms with Crippen molar-refractivity contribution in [1.82, 2.24) is 0 Å². The maximum absolute atomic E-state index is 5.35. The Kier molecular flexibility index (Phi) is 10.7. The Morgan fingerprint density at radius 3 is 2.24 bits per heavy atom. The van der Waals surface area contributed by atoms with Crippen molar-refractivity contribution in [3.8, 4) is 0 Å². The molecule has 0 heterocycles. The van der Waals surface area contributed by atoms with Crippen LogP contribution in [0.2, 0.25) is 0 Å². The molecule has 0 rings (SSSR count). The van der Waals surface area contributed by atoms with Crippen molar-refractivity contribution < 1.29 is 18.9 Å². The zero-order chi connectivity index (χ0) is 12.9. The van der Waals surface area contributed by atoms with Gasteiger partial charge in [-0.2, -0.15) is 0 Å². The van der Waals surface area contributed by atoms with Gasteiger partial charge in [-0.3, -0.25) is 0 Å². The number of ether oxygens (including phenoxy) is 4. The summed E-state index contributed by atoms with van der Waals surface area (Å²) in [5, 5.41) is 0. The van der Waals surface area contributed by atoms with Crippen LogP contribution in [0, 0.1) is 0 Å². The van der Waals surface area contributed by atoms with E-state index in [0.717, 1.165) is 5.57 Å². The van der Waals surface area contributed by atoms with Gasteiger partial charge in [0, 0.05) is 7.11 Å². The smallest absolute Gasteiger partial charge is 0.111 e. The van der Waals surface area contributed by atoms with Crippen LogP contribution in [-0.4, -0.2) is 47.3 Å². The van der Waals surface area contributed by atoms with E-state index in [0.29, 0.717) is 38.8 Å². The summed E-state index contributed by atoms with van der Waals surface area (Å²) in [5.74, 6) is 0.592. The molecular weight excluding hydrogens is 220 g/mol. The lowest BCUT2D eigenvalue weighted by Crippen LogP contribution is -2.09. The van der Waals surface area contributed by atoms with Crippen molar-refractivity contribution in [2.75, 3.05) is 47.3 Å². The van der Waals surface area contributed by atoms with Crippen LogP contribution < -0.4 is 0 Å². The predicted octanol–water partition coefficient (Wildman–Crippen LogP) is 1.94. The Labute approximate surface area is 104 Å². The van der Waals surface area contributed by atoms with Crippen LogP contribution in [-0.2, 0) is 18.9 Å². The third-order valence-electron chi connectivity index (χ3n) is 1.86. The minimum absolute atomic E-state index is 0.473. The fourth-order valence-electron chi connectivity index (χ4n) is 0.892. The molecule has 0 amide bonds. The van der Waals surface area contributed by atoms with E-state index in [9.17, 15) is 0 Å². The molecule has 0 fully saturated rings. The number of rotatable bonds is 11. The molecule has 0 bridgehead atoms. The van der Waals surface area contributed by atoms with Gasteiger partial charge >= 0.3 is 0 Å².